The number of benzene rings is 1. The molecule has 186 valence electrons. The fourth-order valence-corrected chi connectivity index (χ4v) is 5.29. The summed E-state index contributed by atoms with van der Waals surface area (Å²) in [6.45, 7) is 6.42. The van der Waals surface area contributed by atoms with E-state index in [1.807, 2.05) is 26.0 Å². The van der Waals surface area contributed by atoms with Crippen LogP contribution < -0.4 is 14.8 Å². The first kappa shape index (κ1) is 26.6. The highest BCUT2D eigenvalue weighted by Crippen LogP contribution is 2.47. The zero-order valence-corrected chi connectivity index (χ0v) is 22.2. The predicted octanol–water partition coefficient (Wildman–Crippen LogP) is 5.47. The van der Waals surface area contributed by atoms with E-state index in [-0.39, 0.29) is 12.4 Å². The summed E-state index contributed by atoms with van der Waals surface area (Å²) in [7, 11) is 1.31. The van der Waals surface area contributed by atoms with E-state index in [0.29, 0.717) is 46.1 Å². The molecule has 1 N–H and O–H groups in total. The third kappa shape index (κ3) is 5.96. The first-order valence-electron chi connectivity index (χ1n) is 11.8. The third-order valence-electron chi connectivity index (χ3n) is 6.17. The summed E-state index contributed by atoms with van der Waals surface area (Å²) in [5, 5.41) is 13.4. The van der Waals surface area contributed by atoms with E-state index in [2.05, 4.69) is 39.0 Å². The van der Waals surface area contributed by atoms with Crippen molar-refractivity contribution in [2.75, 3.05) is 20.3 Å². The van der Waals surface area contributed by atoms with Crippen LogP contribution in [0.25, 0.3) is 0 Å². The Bertz CT molecular complexity index is 1130. The molecule has 0 amide bonds. The molecule has 2 aliphatic rings. The molecule has 3 rings (SSSR count). The van der Waals surface area contributed by atoms with Crippen molar-refractivity contribution >= 4 is 27.7 Å². The average molecular weight is 543 g/mol. The van der Waals surface area contributed by atoms with Gasteiger partial charge in [-0.1, -0.05) is 13.3 Å². The summed E-state index contributed by atoms with van der Waals surface area (Å²) >= 11 is 3.58. The van der Waals surface area contributed by atoms with Crippen LogP contribution in [0.5, 0.6) is 11.5 Å². The molecule has 8 heteroatoms. The summed E-state index contributed by atoms with van der Waals surface area (Å²) in [5.74, 6) is 0.430. The van der Waals surface area contributed by atoms with Gasteiger partial charge < -0.3 is 19.5 Å². The number of ether oxygens (including phenoxy) is 3. The summed E-state index contributed by atoms with van der Waals surface area (Å²) in [5.41, 5.74) is 3.66. The molecule has 0 bridgehead atoms. The number of hydrogen-bond acceptors (Lipinski definition) is 7. The molecule has 7 nitrogen and oxygen atoms in total. The Kier molecular flexibility index (Phi) is 9.16. The molecule has 0 saturated carbocycles. The van der Waals surface area contributed by atoms with Crippen molar-refractivity contribution < 1.29 is 23.8 Å². The smallest absolute Gasteiger partial charge is 0.330 e. The number of hydrogen-bond donors (Lipinski definition) is 1. The lowest BCUT2D eigenvalue weighted by Gasteiger charge is -2.35. The summed E-state index contributed by atoms with van der Waals surface area (Å²) < 4.78 is 17.0. The normalized spacial score (nSPS) is 19.8. The Balaban J connectivity index is 2.03. The van der Waals surface area contributed by atoms with Crippen molar-refractivity contribution in [1.29, 1.82) is 5.26 Å². The number of dihydropyridines is 1. The molecule has 2 unspecified atom stereocenters. The Labute approximate surface area is 214 Å². The van der Waals surface area contributed by atoms with Gasteiger partial charge in [0, 0.05) is 29.5 Å². The largest absolute Gasteiger partial charge is 0.490 e. The number of methoxy groups -OCH3 is 1. The van der Waals surface area contributed by atoms with Gasteiger partial charge in [-0.25, -0.2) is 4.79 Å². The van der Waals surface area contributed by atoms with E-state index in [4.69, 9.17) is 9.47 Å². The molecule has 1 heterocycles. The molecule has 0 fully saturated rings. The maximum atomic E-state index is 13.3. The Morgan fingerprint density at radius 3 is 2.71 bits per heavy atom. The molecule has 0 aromatic heterocycles. The molecular formula is C27H31BrN2O5. The minimum atomic E-state index is -0.477. The second-order valence-electron chi connectivity index (χ2n) is 8.59. The molecule has 1 aliphatic carbocycles. The van der Waals surface area contributed by atoms with Crippen molar-refractivity contribution in [3.8, 4) is 17.6 Å². The highest BCUT2D eigenvalue weighted by atomic mass is 79.9. The number of Topliss-reactive ketones (excluding diaryl/α,β-unsaturated/α-hetero) is 1. The number of nitriles is 1. The summed E-state index contributed by atoms with van der Waals surface area (Å²) in [6.07, 6.45) is 6.17. The molecule has 2 atom stereocenters. The van der Waals surface area contributed by atoms with E-state index >= 15 is 0 Å². The van der Waals surface area contributed by atoms with Crippen LogP contribution in [0.15, 0.2) is 51.3 Å². The lowest BCUT2D eigenvalue weighted by molar-refractivity contribution is -0.134. The fourth-order valence-electron chi connectivity index (χ4n) is 4.71. The van der Waals surface area contributed by atoms with Crippen LogP contribution in [0, 0.1) is 17.2 Å². The quantitative estimate of drug-likeness (QED) is 0.326. The maximum Gasteiger partial charge on any atom is 0.330 e. The van der Waals surface area contributed by atoms with Crippen molar-refractivity contribution in [3.05, 3.63) is 56.9 Å². The molecule has 0 radical (unpaired) electrons. The molecule has 1 aromatic carbocycles. The molecular weight excluding hydrogens is 512 g/mol. The van der Waals surface area contributed by atoms with Crippen LogP contribution in [-0.2, 0) is 14.3 Å². The third-order valence-corrected chi connectivity index (χ3v) is 6.76. The van der Waals surface area contributed by atoms with E-state index in [9.17, 15) is 14.9 Å². The number of ketones is 1. The number of allylic oxidation sites excluding steroid dienone is 4. The van der Waals surface area contributed by atoms with Gasteiger partial charge in [-0.2, -0.15) is 5.26 Å². The van der Waals surface area contributed by atoms with Crippen molar-refractivity contribution in [2.45, 2.75) is 52.4 Å². The Morgan fingerprint density at radius 2 is 2.06 bits per heavy atom. The van der Waals surface area contributed by atoms with Crippen molar-refractivity contribution in [2.24, 2.45) is 5.92 Å². The van der Waals surface area contributed by atoms with Gasteiger partial charge in [0.2, 0.25) is 0 Å². The van der Waals surface area contributed by atoms with Gasteiger partial charge in [-0.15, -0.1) is 0 Å². The first-order chi connectivity index (χ1) is 16.8. The number of nitrogens with zero attached hydrogens (tertiary/aromatic N) is 1. The fraction of sp³-hybridized carbons (Fsp3) is 0.444. The van der Waals surface area contributed by atoms with E-state index in [1.165, 1.54) is 13.2 Å². The number of carbonyl (C=O) groups excluding carboxylic acids is 2. The lowest BCUT2D eigenvalue weighted by atomic mass is 9.72. The molecule has 35 heavy (non-hydrogen) atoms. The van der Waals surface area contributed by atoms with Gasteiger partial charge >= 0.3 is 5.97 Å². The van der Waals surface area contributed by atoms with Crippen LogP contribution in [0.3, 0.4) is 0 Å². The van der Waals surface area contributed by atoms with Gasteiger partial charge in [-0.3, -0.25) is 4.79 Å². The van der Waals surface area contributed by atoms with Gasteiger partial charge in [-0.05, 0) is 72.3 Å². The van der Waals surface area contributed by atoms with Gasteiger partial charge in [0.25, 0.3) is 0 Å². The molecule has 1 aliphatic heterocycles. The highest BCUT2D eigenvalue weighted by Gasteiger charge is 2.39. The monoisotopic (exact) mass is 542 g/mol. The number of esters is 1. The van der Waals surface area contributed by atoms with Crippen molar-refractivity contribution in [1.82, 2.24) is 5.32 Å². The number of rotatable bonds is 9. The van der Waals surface area contributed by atoms with Crippen LogP contribution in [0.1, 0.15) is 57.9 Å². The van der Waals surface area contributed by atoms with Crippen LogP contribution >= 0.6 is 15.9 Å². The standard InChI is InChI=1S/C27H31BrN2O5/c1-5-8-17-11-21-26(22(31)12-17)25(19(15-29)16(3)30-21)18-13-20(28)27(23(14-18)34-6-2)35-10-7-9-24(32)33-4/h7,9,13-14,17,25,30H,5-6,8,10-12H2,1-4H3/b9-7+. The van der Waals surface area contributed by atoms with E-state index in [0.717, 1.165) is 36.2 Å². The zero-order valence-electron chi connectivity index (χ0n) is 20.6. The van der Waals surface area contributed by atoms with Crippen LogP contribution in [0.4, 0.5) is 0 Å². The Morgan fingerprint density at radius 1 is 1.29 bits per heavy atom. The van der Waals surface area contributed by atoms with Gasteiger partial charge in [0.05, 0.1) is 35.7 Å². The minimum absolute atomic E-state index is 0.0878. The van der Waals surface area contributed by atoms with Crippen LogP contribution in [-0.4, -0.2) is 32.1 Å². The second kappa shape index (κ2) is 12.1. The van der Waals surface area contributed by atoms with E-state index in [1.54, 1.807) is 6.08 Å². The van der Waals surface area contributed by atoms with Crippen molar-refractivity contribution in [3.63, 3.8) is 0 Å². The number of nitrogens with one attached hydrogen (secondary N) is 1. The maximum absolute atomic E-state index is 13.3. The predicted molar refractivity (Wildman–Crippen MR) is 136 cm³/mol. The number of halogens is 1. The molecule has 1 aromatic rings. The summed E-state index contributed by atoms with van der Waals surface area (Å²) in [6, 6.07) is 6.04. The zero-order chi connectivity index (χ0) is 25.5. The SMILES string of the molecule is CCCC1CC(=O)C2=C(C1)NC(C)=C(C#N)C2c1cc(Br)c(OC/C=C/C(=O)OC)c(OCC)c1. The molecule has 0 saturated heterocycles. The van der Waals surface area contributed by atoms with Gasteiger partial charge in [0.1, 0.15) is 6.61 Å². The van der Waals surface area contributed by atoms with Gasteiger partial charge in [0.15, 0.2) is 17.3 Å². The highest BCUT2D eigenvalue weighted by molar-refractivity contribution is 9.10. The topological polar surface area (TPSA) is 97.7 Å². The second-order valence-corrected chi connectivity index (χ2v) is 9.44. The summed E-state index contributed by atoms with van der Waals surface area (Å²) in [4.78, 5) is 24.6. The number of carbonyl (C=O) groups is 2. The van der Waals surface area contributed by atoms with Crippen LogP contribution in [0.2, 0.25) is 0 Å². The average Bonchev–Trinajstić information content (AvgIpc) is 2.82. The van der Waals surface area contributed by atoms with E-state index < -0.39 is 11.9 Å². The molecule has 0 spiro atoms. The minimum Gasteiger partial charge on any atom is -0.490 e. The Hall–Kier alpha value is -3.05. The first-order valence-corrected chi connectivity index (χ1v) is 12.6. The lowest BCUT2D eigenvalue weighted by Crippen LogP contribution is -2.34.